The summed E-state index contributed by atoms with van der Waals surface area (Å²) in [6.45, 7) is 9.36. The molecule has 0 atom stereocenters. The van der Waals surface area contributed by atoms with Crippen LogP contribution in [-0.4, -0.2) is 13.2 Å². The molecule has 0 aliphatic carbocycles. The minimum absolute atomic E-state index is 0.574. The summed E-state index contributed by atoms with van der Waals surface area (Å²) < 4.78 is 5.65. The Kier molecular flexibility index (Phi) is 6.71. The zero-order valence-electron chi connectivity index (χ0n) is 11.3. The monoisotopic (exact) mass is 235 g/mol. The van der Waals surface area contributed by atoms with Gasteiger partial charge in [-0.25, -0.2) is 0 Å². The van der Waals surface area contributed by atoms with Crippen molar-refractivity contribution in [3.8, 4) is 5.75 Å². The summed E-state index contributed by atoms with van der Waals surface area (Å²) in [7, 11) is 0. The third kappa shape index (κ3) is 6.32. The van der Waals surface area contributed by atoms with Crippen molar-refractivity contribution in [3.63, 3.8) is 0 Å². The predicted molar refractivity (Wildman–Crippen MR) is 73.4 cm³/mol. The maximum atomic E-state index is 5.65. The van der Waals surface area contributed by atoms with Crippen molar-refractivity contribution in [2.24, 2.45) is 5.92 Å². The van der Waals surface area contributed by atoms with Gasteiger partial charge in [-0.1, -0.05) is 39.3 Å². The molecule has 0 amide bonds. The van der Waals surface area contributed by atoms with Crippen LogP contribution < -0.4 is 10.1 Å². The Morgan fingerprint density at radius 1 is 1.18 bits per heavy atom. The zero-order valence-corrected chi connectivity index (χ0v) is 11.3. The standard InChI is InChI=1S/C15H25NO/c1-4-5-10-16-11-14-6-8-15(9-7-14)17-12-13(2)3/h6-9,13,16H,4-5,10-12H2,1-3H3. The Morgan fingerprint density at radius 3 is 2.47 bits per heavy atom. The maximum Gasteiger partial charge on any atom is 0.119 e. The predicted octanol–water partition coefficient (Wildman–Crippen LogP) is 3.61. The van der Waals surface area contributed by atoms with Crippen molar-refractivity contribution in [1.29, 1.82) is 0 Å². The molecule has 0 bridgehead atoms. The quantitative estimate of drug-likeness (QED) is 0.695. The number of ether oxygens (including phenoxy) is 1. The molecule has 0 aliphatic heterocycles. The molecule has 1 rings (SSSR count). The Hall–Kier alpha value is -1.02. The van der Waals surface area contributed by atoms with Crippen molar-refractivity contribution < 1.29 is 4.74 Å². The van der Waals surface area contributed by atoms with E-state index in [-0.39, 0.29) is 0 Å². The summed E-state index contributed by atoms with van der Waals surface area (Å²) in [5, 5.41) is 3.43. The van der Waals surface area contributed by atoms with Gasteiger partial charge in [0.05, 0.1) is 6.61 Å². The Balaban J connectivity index is 2.29. The van der Waals surface area contributed by atoms with Crippen molar-refractivity contribution in [2.75, 3.05) is 13.2 Å². The third-order valence-electron chi connectivity index (χ3n) is 2.54. The van der Waals surface area contributed by atoms with Crippen LogP contribution in [0.4, 0.5) is 0 Å². The second kappa shape index (κ2) is 8.13. The number of hydrogen-bond acceptors (Lipinski definition) is 2. The molecule has 17 heavy (non-hydrogen) atoms. The smallest absolute Gasteiger partial charge is 0.119 e. The van der Waals surface area contributed by atoms with Gasteiger partial charge in [0.2, 0.25) is 0 Å². The lowest BCUT2D eigenvalue weighted by Crippen LogP contribution is -2.14. The van der Waals surface area contributed by atoms with Crippen LogP contribution in [0.25, 0.3) is 0 Å². The van der Waals surface area contributed by atoms with Crippen LogP contribution in [0.15, 0.2) is 24.3 Å². The van der Waals surface area contributed by atoms with Crippen LogP contribution in [-0.2, 0) is 6.54 Å². The van der Waals surface area contributed by atoms with E-state index in [1.54, 1.807) is 0 Å². The lowest BCUT2D eigenvalue weighted by Gasteiger charge is -2.09. The van der Waals surface area contributed by atoms with Crippen LogP contribution in [0, 0.1) is 5.92 Å². The normalized spacial score (nSPS) is 10.8. The van der Waals surface area contributed by atoms with E-state index in [0.29, 0.717) is 5.92 Å². The van der Waals surface area contributed by atoms with Gasteiger partial charge in [0.25, 0.3) is 0 Å². The van der Waals surface area contributed by atoms with Gasteiger partial charge in [-0.15, -0.1) is 0 Å². The molecule has 1 aromatic carbocycles. The van der Waals surface area contributed by atoms with Crippen LogP contribution in [0.2, 0.25) is 0 Å². The van der Waals surface area contributed by atoms with Gasteiger partial charge in [-0.2, -0.15) is 0 Å². The first kappa shape index (κ1) is 14.0. The van der Waals surface area contributed by atoms with Gasteiger partial charge < -0.3 is 10.1 Å². The summed E-state index contributed by atoms with van der Waals surface area (Å²) in [6, 6.07) is 8.38. The molecule has 0 aromatic heterocycles. The first-order chi connectivity index (χ1) is 8.22. The van der Waals surface area contributed by atoms with Crippen molar-refractivity contribution >= 4 is 0 Å². The van der Waals surface area contributed by atoms with Gasteiger partial charge in [-0.05, 0) is 36.6 Å². The average molecular weight is 235 g/mol. The third-order valence-corrected chi connectivity index (χ3v) is 2.54. The van der Waals surface area contributed by atoms with E-state index in [1.165, 1.54) is 18.4 Å². The molecule has 0 radical (unpaired) electrons. The van der Waals surface area contributed by atoms with E-state index in [9.17, 15) is 0 Å². The fraction of sp³-hybridized carbons (Fsp3) is 0.600. The van der Waals surface area contributed by atoms with Crippen molar-refractivity contribution in [3.05, 3.63) is 29.8 Å². The summed E-state index contributed by atoms with van der Waals surface area (Å²) in [5.74, 6) is 1.54. The van der Waals surface area contributed by atoms with Gasteiger partial charge in [0.15, 0.2) is 0 Å². The highest BCUT2D eigenvalue weighted by molar-refractivity contribution is 5.27. The van der Waals surface area contributed by atoms with Crippen molar-refractivity contribution in [2.45, 2.75) is 40.2 Å². The highest BCUT2D eigenvalue weighted by Gasteiger charge is 1.97. The van der Waals surface area contributed by atoms with Crippen LogP contribution in [0.5, 0.6) is 5.75 Å². The van der Waals surface area contributed by atoms with Crippen LogP contribution in [0.1, 0.15) is 39.2 Å². The van der Waals surface area contributed by atoms with Gasteiger partial charge in [0.1, 0.15) is 5.75 Å². The zero-order chi connectivity index (χ0) is 12.5. The second-order valence-electron chi connectivity index (χ2n) is 4.88. The topological polar surface area (TPSA) is 21.3 Å². The highest BCUT2D eigenvalue weighted by atomic mass is 16.5. The van der Waals surface area contributed by atoms with E-state index in [2.05, 4.69) is 50.4 Å². The molecule has 1 aromatic rings. The summed E-state index contributed by atoms with van der Waals surface area (Å²) in [6.07, 6.45) is 2.49. The molecule has 0 heterocycles. The molecule has 1 N–H and O–H groups in total. The first-order valence-corrected chi connectivity index (χ1v) is 6.64. The average Bonchev–Trinajstić information content (AvgIpc) is 2.33. The molecule has 2 nitrogen and oxygen atoms in total. The number of hydrogen-bond donors (Lipinski definition) is 1. The molecule has 2 heteroatoms. The van der Waals surface area contributed by atoms with Gasteiger partial charge in [-0.3, -0.25) is 0 Å². The minimum Gasteiger partial charge on any atom is -0.493 e. The Labute approximate surface area is 105 Å². The molecule has 0 fully saturated rings. The van der Waals surface area contributed by atoms with Crippen LogP contribution >= 0.6 is 0 Å². The first-order valence-electron chi connectivity index (χ1n) is 6.64. The molecule has 0 aliphatic rings. The molecule has 0 saturated heterocycles. The maximum absolute atomic E-state index is 5.65. The fourth-order valence-corrected chi connectivity index (χ4v) is 1.50. The molecular weight excluding hydrogens is 210 g/mol. The lowest BCUT2D eigenvalue weighted by molar-refractivity contribution is 0.271. The van der Waals surface area contributed by atoms with E-state index >= 15 is 0 Å². The van der Waals surface area contributed by atoms with Gasteiger partial charge >= 0.3 is 0 Å². The molecule has 0 spiro atoms. The van der Waals surface area contributed by atoms with Gasteiger partial charge in [0, 0.05) is 6.54 Å². The number of rotatable bonds is 8. The van der Waals surface area contributed by atoms with Crippen molar-refractivity contribution in [1.82, 2.24) is 5.32 Å². The Bertz CT molecular complexity index is 292. The Morgan fingerprint density at radius 2 is 1.88 bits per heavy atom. The number of nitrogens with one attached hydrogen (secondary N) is 1. The summed E-state index contributed by atoms with van der Waals surface area (Å²) >= 11 is 0. The summed E-state index contributed by atoms with van der Waals surface area (Å²) in [4.78, 5) is 0. The minimum atomic E-state index is 0.574. The highest BCUT2D eigenvalue weighted by Crippen LogP contribution is 2.13. The number of benzene rings is 1. The molecule has 96 valence electrons. The number of unbranched alkanes of at least 4 members (excludes halogenated alkanes) is 1. The molecular formula is C15H25NO. The summed E-state index contributed by atoms with van der Waals surface area (Å²) in [5.41, 5.74) is 1.32. The van der Waals surface area contributed by atoms with Crippen LogP contribution in [0.3, 0.4) is 0 Å². The molecule has 0 unspecified atom stereocenters. The van der Waals surface area contributed by atoms with E-state index in [0.717, 1.165) is 25.4 Å². The second-order valence-corrected chi connectivity index (χ2v) is 4.88. The van der Waals surface area contributed by atoms with E-state index in [4.69, 9.17) is 4.74 Å². The largest absolute Gasteiger partial charge is 0.493 e. The van der Waals surface area contributed by atoms with E-state index in [1.807, 2.05) is 0 Å². The molecule has 0 saturated carbocycles. The van der Waals surface area contributed by atoms with E-state index < -0.39 is 0 Å². The SMILES string of the molecule is CCCCNCc1ccc(OCC(C)C)cc1. The fourth-order valence-electron chi connectivity index (χ4n) is 1.50. The lowest BCUT2D eigenvalue weighted by atomic mass is 10.2.